The summed E-state index contributed by atoms with van der Waals surface area (Å²) in [7, 11) is 0. The minimum Gasteiger partial charge on any atom is -0.545 e. The van der Waals surface area contributed by atoms with E-state index in [4.69, 9.17) is 10.5 Å². The predicted octanol–water partition coefficient (Wildman–Crippen LogP) is -3.39. The summed E-state index contributed by atoms with van der Waals surface area (Å²) in [4.78, 5) is 12.5. The molecular formula is C11H12FLiN2O3. The van der Waals surface area contributed by atoms with Gasteiger partial charge in [0.05, 0.1) is 24.9 Å². The Morgan fingerprint density at radius 1 is 1.39 bits per heavy atom. The summed E-state index contributed by atoms with van der Waals surface area (Å²) < 4.78 is 18.8. The second kappa shape index (κ2) is 6.09. The van der Waals surface area contributed by atoms with Crippen LogP contribution < -0.4 is 34.6 Å². The average molecular weight is 246 g/mol. The van der Waals surface area contributed by atoms with Crippen molar-refractivity contribution < 1.29 is 37.9 Å². The summed E-state index contributed by atoms with van der Waals surface area (Å²) in [5.74, 6) is -1.94. The van der Waals surface area contributed by atoms with Gasteiger partial charge in [0.2, 0.25) is 0 Å². The minimum absolute atomic E-state index is 0. The van der Waals surface area contributed by atoms with Crippen LogP contribution >= 0.6 is 0 Å². The molecule has 0 aliphatic carbocycles. The molecule has 5 nitrogen and oxygen atoms in total. The molecule has 92 valence electrons. The van der Waals surface area contributed by atoms with E-state index < -0.39 is 11.8 Å². The van der Waals surface area contributed by atoms with Crippen molar-refractivity contribution in [3.63, 3.8) is 0 Å². The summed E-state index contributed by atoms with van der Waals surface area (Å²) in [5, 5.41) is 10.8. The molecule has 1 fully saturated rings. The molecule has 0 bridgehead atoms. The quantitative estimate of drug-likeness (QED) is 0.435. The molecule has 18 heavy (non-hydrogen) atoms. The molecule has 0 spiro atoms. The third kappa shape index (κ3) is 2.96. The molecule has 1 aromatic carbocycles. The van der Waals surface area contributed by atoms with Crippen LogP contribution in [0.15, 0.2) is 12.1 Å². The fourth-order valence-electron chi connectivity index (χ4n) is 1.80. The van der Waals surface area contributed by atoms with E-state index in [-0.39, 0.29) is 35.8 Å². The largest absolute Gasteiger partial charge is 1.00 e. The summed E-state index contributed by atoms with van der Waals surface area (Å²) in [6, 6.07) is 2.22. The SMILES string of the molecule is Nc1cc(F)c(N2CCOCC2)cc1C(=O)[O-].[Li+]. The summed E-state index contributed by atoms with van der Waals surface area (Å²) in [6.45, 7) is 2.02. The number of carboxylic acid groups (broad SMARTS) is 1. The van der Waals surface area contributed by atoms with E-state index in [0.29, 0.717) is 26.3 Å². The van der Waals surface area contributed by atoms with Crippen LogP contribution in [0, 0.1) is 5.82 Å². The van der Waals surface area contributed by atoms with Crippen molar-refractivity contribution in [2.75, 3.05) is 36.9 Å². The number of hydrogen-bond donors (Lipinski definition) is 1. The van der Waals surface area contributed by atoms with Crippen LogP contribution in [0.4, 0.5) is 15.8 Å². The monoisotopic (exact) mass is 246 g/mol. The maximum atomic E-state index is 13.7. The fraction of sp³-hybridized carbons (Fsp3) is 0.364. The van der Waals surface area contributed by atoms with E-state index >= 15 is 0 Å². The van der Waals surface area contributed by atoms with Crippen molar-refractivity contribution in [1.82, 2.24) is 0 Å². The van der Waals surface area contributed by atoms with Crippen LogP contribution in [0.3, 0.4) is 0 Å². The van der Waals surface area contributed by atoms with Gasteiger partial charge in [-0.1, -0.05) is 0 Å². The molecule has 1 saturated heterocycles. The van der Waals surface area contributed by atoms with E-state index in [1.165, 1.54) is 6.07 Å². The molecule has 1 aromatic rings. The third-order valence-corrected chi connectivity index (χ3v) is 2.69. The zero-order chi connectivity index (χ0) is 12.4. The number of hydrogen-bond acceptors (Lipinski definition) is 5. The van der Waals surface area contributed by atoms with E-state index in [0.717, 1.165) is 6.07 Å². The van der Waals surface area contributed by atoms with Gasteiger partial charge in [0.25, 0.3) is 0 Å². The van der Waals surface area contributed by atoms with Gasteiger partial charge in [-0.15, -0.1) is 0 Å². The standard InChI is InChI=1S/C11H13FN2O3.Li/c12-8-6-9(13)7(11(15)16)5-10(8)14-1-3-17-4-2-14;/h5-6H,1-4,13H2,(H,15,16);/q;+1/p-1. The Morgan fingerprint density at radius 3 is 2.56 bits per heavy atom. The van der Waals surface area contributed by atoms with Gasteiger partial charge in [-0.2, -0.15) is 0 Å². The Kier molecular flexibility index (Phi) is 5.02. The molecule has 1 aliphatic rings. The van der Waals surface area contributed by atoms with Crippen molar-refractivity contribution in [1.29, 1.82) is 0 Å². The number of carboxylic acids is 1. The molecule has 0 atom stereocenters. The number of morpholine rings is 1. The second-order valence-corrected chi connectivity index (χ2v) is 3.78. The van der Waals surface area contributed by atoms with E-state index in [1.807, 2.05) is 0 Å². The molecule has 0 radical (unpaired) electrons. The normalized spacial score (nSPS) is 15.1. The Labute approximate surface area is 116 Å². The van der Waals surface area contributed by atoms with Crippen LogP contribution in [0.5, 0.6) is 0 Å². The fourth-order valence-corrected chi connectivity index (χ4v) is 1.80. The number of carbonyl (C=O) groups is 1. The average Bonchev–Trinajstić information content (AvgIpc) is 2.29. The van der Waals surface area contributed by atoms with Crippen LogP contribution in [0.25, 0.3) is 0 Å². The molecule has 7 heteroatoms. The zero-order valence-corrected chi connectivity index (χ0v) is 10.1. The molecule has 0 saturated carbocycles. The first kappa shape index (κ1) is 14.8. The van der Waals surface area contributed by atoms with Crippen molar-refractivity contribution in [3.8, 4) is 0 Å². The Morgan fingerprint density at radius 2 is 2.00 bits per heavy atom. The summed E-state index contributed by atoms with van der Waals surface area (Å²) in [6.07, 6.45) is 0. The number of nitrogen functional groups attached to an aromatic ring is 1. The molecular weight excluding hydrogens is 234 g/mol. The van der Waals surface area contributed by atoms with Crippen LogP contribution in [0.1, 0.15) is 10.4 Å². The smallest absolute Gasteiger partial charge is 0.545 e. The van der Waals surface area contributed by atoms with E-state index in [1.54, 1.807) is 4.90 Å². The van der Waals surface area contributed by atoms with Gasteiger partial charge < -0.3 is 25.3 Å². The van der Waals surface area contributed by atoms with Gasteiger partial charge in [-0.3, -0.25) is 0 Å². The maximum Gasteiger partial charge on any atom is 1.00 e. The van der Waals surface area contributed by atoms with Crippen molar-refractivity contribution in [3.05, 3.63) is 23.5 Å². The van der Waals surface area contributed by atoms with E-state index in [9.17, 15) is 14.3 Å². The van der Waals surface area contributed by atoms with E-state index in [2.05, 4.69) is 0 Å². The molecule has 0 aromatic heterocycles. The Balaban J connectivity index is 0.00000162. The zero-order valence-electron chi connectivity index (χ0n) is 10.1. The summed E-state index contributed by atoms with van der Waals surface area (Å²) in [5.41, 5.74) is 5.33. The molecule has 1 heterocycles. The third-order valence-electron chi connectivity index (χ3n) is 2.69. The number of rotatable bonds is 2. The van der Waals surface area contributed by atoms with Gasteiger partial charge in [-0.05, 0) is 12.1 Å². The van der Waals surface area contributed by atoms with Gasteiger partial charge in [0.15, 0.2) is 0 Å². The van der Waals surface area contributed by atoms with Crippen LogP contribution in [-0.4, -0.2) is 32.3 Å². The minimum atomic E-state index is -1.41. The first-order chi connectivity index (χ1) is 8.09. The Hall–Kier alpha value is -1.22. The molecule has 2 N–H and O–H groups in total. The molecule has 2 rings (SSSR count). The number of nitrogens with zero attached hydrogens (tertiary/aromatic N) is 1. The number of anilines is 2. The maximum absolute atomic E-state index is 13.7. The first-order valence-corrected chi connectivity index (χ1v) is 5.22. The topological polar surface area (TPSA) is 78.6 Å². The van der Waals surface area contributed by atoms with Crippen molar-refractivity contribution in [2.45, 2.75) is 0 Å². The van der Waals surface area contributed by atoms with Crippen LogP contribution in [-0.2, 0) is 4.74 Å². The Bertz CT molecular complexity index is 450. The molecule has 1 aliphatic heterocycles. The second-order valence-electron chi connectivity index (χ2n) is 3.78. The van der Waals surface area contributed by atoms with Gasteiger partial charge in [0.1, 0.15) is 5.82 Å². The molecule has 0 amide bonds. The van der Waals surface area contributed by atoms with Gasteiger partial charge in [0, 0.05) is 24.3 Å². The predicted molar refractivity (Wildman–Crippen MR) is 58.2 cm³/mol. The van der Waals surface area contributed by atoms with Crippen LogP contribution in [0.2, 0.25) is 0 Å². The first-order valence-electron chi connectivity index (χ1n) is 5.22. The van der Waals surface area contributed by atoms with Gasteiger partial charge in [-0.25, -0.2) is 4.39 Å². The number of carbonyl (C=O) groups excluding carboxylic acids is 1. The number of aromatic carboxylic acids is 1. The number of halogens is 1. The number of nitrogens with two attached hydrogens (primary N) is 1. The number of benzene rings is 1. The van der Waals surface area contributed by atoms with Gasteiger partial charge >= 0.3 is 18.9 Å². The number of ether oxygens (including phenoxy) is 1. The molecule has 0 unspecified atom stereocenters. The van der Waals surface area contributed by atoms with Crippen molar-refractivity contribution in [2.24, 2.45) is 0 Å². The van der Waals surface area contributed by atoms with Crippen molar-refractivity contribution >= 4 is 17.3 Å². The summed E-state index contributed by atoms with van der Waals surface area (Å²) >= 11 is 0.